The van der Waals surface area contributed by atoms with Crippen LogP contribution in [-0.4, -0.2) is 23.9 Å². The maximum atomic E-state index is 12.8. The van der Waals surface area contributed by atoms with Gasteiger partial charge in [0.2, 0.25) is 0 Å². The van der Waals surface area contributed by atoms with Crippen LogP contribution >= 0.6 is 0 Å². The summed E-state index contributed by atoms with van der Waals surface area (Å²) in [6.45, 7) is 4.30. The van der Waals surface area contributed by atoms with E-state index < -0.39 is 0 Å². The predicted molar refractivity (Wildman–Crippen MR) is 112 cm³/mol. The molecule has 1 aromatic heterocycles. The summed E-state index contributed by atoms with van der Waals surface area (Å²) in [6, 6.07) is 15.9. The molecule has 136 valence electrons. The summed E-state index contributed by atoms with van der Waals surface area (Å²) in [4.78, 5) is 19.7. The van der Waals surface area contributed by atoms with E-state index in [0.717, 1.165) is 35.1 Å². The largest absolute Gasteiger partial charge is 0.371 e. The molecule has 0 N–H and O–H groups in total. The first-order chi connectivity index (χ1) is 13.2. The highest BCUT2D eigenvalue weighted by Crippen LogP contribution is 2.25. The number of hydrogen-bond donors (Lipinski definition) is 0. The fourth-order valence-corrected chi connectivity index (χ4v) is 3.79. The first-order valence-corrected chi connectivity index (χ1v) is 9.64. The molecule has 0 atom stereocenters. The summed E-state index contributed by atoms with van der Waals surface area (Å²) in [5, 5.41) is 2.07. The Labute approximate surface area is 160 Å². The molecule has 3 heteroatoms. The van der Waals surface area contributed by atoms with Gasteiger partial charge >= 0.3 is 0 Å². The summed E-state index contributed by atoms with van der Waals surface area (Å²) in [6.07, 6.45) is 9.17. The van der Waals surface area contributed by atoms with Crippen LogP contribution in [0.4, 0.5) is 5.69 Å². The summed E-state index contributed by atoms with van der Waals surface area (Å²) < 4.78 is 0. The molecule has 1 fully saturated rings. The molecule has 2 heterocycles. The average Bonchev–Trinajstić information content (AvgIpc) is 2.73. The van der Waals surface area contributed by atoms with Crippen molar-refractivity contribution in [2.24, 2.45) is 0 Å². The van der Waals surface area contributed by atoms with Gasteiger partial charge in [0.1, 0.15) is 0 Å². The highest BCUT2D eigenvalue weighted by Gasteiger charge is 2.13. The molecule has 0 aliphatic carbocycles. The van der Waals surface area contributed by atoms with Crippen molar-refractivity contribution in [1.29, 1.82) is 0 Å². The SMILES string of the molecule is Cc1cnc(C=CC(=O)c2cccc3ccccc23)cc1N1CCCCC1. The van der Waals surface area contributed by atoms with Gasteiger partial charge in [0.15, 0.2) is 5.78 Å². The van der Waals surface area contributed by atoms with Gasteiger partial charge in [-0.1, -0.05) is 42.5 Å². The van der Waals surface area contributed by atoms with Crippen molar-refractivity contribution in [3.63, 3.8) is 0 Å². The fraction of sp³-hybridized carbons (Fsp3) is 0.250. The molecule has 3 nitrogen and oxygen atoms in total. The number of hydrogen-bond acceptors (Lipinski definition) is 3. The van der Waals surface area contributed by atoms with Gasteiger partial charge in [0, 0.05) is 30.5 Å². The van der Waals surface area contributed by atoms with Crippen molar-refractivity contribution in [3.05, 3.63) is 77.6 Å². The summed E-state index contributed by atoms with van der Waals surface area (Å²) in [5.41, 5.74) is 3.99. The molecule has 0 bridgehead atoms. The molecule has 1 saturated heterocycles. The minimum Gasteiger partial charge on any atom is -0.371 e. The lowest BCUT2D eigenvalue weighted by molar-refractivity contribution is 0.104. The third kappa shape index (κ3) is 3.77. The second-order valence-electron chi connectivity index (χ2n) is 7.17. The van der Waals surface area contributed by atoms with Gasteiger partial charge in [-0.05, 0) is 60.7 Å². The Bertz CT molecular complexity index is 995. The molecular formula is C24H24N2O. The number of allylic oxidation sites excluding steroid dienone is 1. The molecule has 0 saturated carbocycles. The standard InChI is InChI=1S/C24H24N2O/c1-18-17-25-20(16-23(18)26-14-5-2-6-15-26)12-13-24(27)22-11-7-9-19-8-3-4-10-21(19)22/h3-4,7-13,16-17H,2,5-6,14-15H2,1H3. The smallest absolute Gasteiger partial charge is 0.186 e. The number of carbonyl (C=O) groups excluding carboxylic acids is 1. The van der Waals surface area contributed by atoms with Crippen molar-refractivity contribution >= 4 is 28.3 Å². The monoisotopic (exact) mass is 356 g/mol. The van der Waals surface area contributed by atoms with Crippen molar-refractivity contribution in [3.8, 4) is 0 Å². The highest BCUT2D eigenvalue weighted by molar-refractivity contribution is 6.14. The van der Waals surface area contributed by atoms with E-state index in [1.807, 2.05) is 54.7 Å². The van der Waals surface area contributed by atoms with E-state index in [0.29, 0.717) is 0 Å². The number of fused-ring (bicyclic) bond motifs is 1. The van der Waals surface area contributed by atoms with Crippen molar-refractivity contribution in [2.45, 2.75) is 26.2 Å². The first-order valence-electron chi connectivity index (χ1n) is 9.64. The Morgan fingerprint density at radius 2 is 1.81 bits per heavy atom. The van der Waals surface area contributed by atoms with Crippen LogP contribution in [0.1, 0.15) is 40.9 Å². The predicted octanol–water partition coefficient (Wildman–Crippen LogP) is 5.43. The van der Waals surface area contributed by atoms with Gasteiger partial charge in [-0.3, -0.25) is 9.78 Å². The molecule has 0 spiro atoms. The Balaban J connectivity index is 1.59. The minimum atomic E-state index is 0.00805. The number of rotatable bonds is 4. The van der Waals surface area contributed by atoms with Gasteiger partial charge in [-0.25, -0.2) is 0 Å². The van der Waals surface area contributed by atoms with Gasteiger partial charge < -0.3 is 4.90 Å². The van der Waals surface area contributed by atoms with Gasteiger partial charge in [-0.15, -0.1) is 0 Å². The number of aryl methyl sites for hydroxylation is 1. The third-order valence-corrected chi connectivity index (χ3v) is 5.25. The van der Waals surface area contributed by atoms with Gasteiger partial charge in [0.05, 0.1) is 5.69 Å². The van der Waals surface area contributed by atoms with Crippen LogP contribution in [0.15, 0.2) is 60.8 Å². The summed E-state index contributed by atoms with van der Waals surface area (Å²) in [5.74, 6) is 0.00805. The maximum Gasteiger partial charge on any atom is 0.186 e. The van der Waals surface area contributed by atoms with E-state index >= 15 is 0 Å². The number of anilines is 1. The number of ketones is 1. The van der Waals surface area contributed by atoms with Crippen LogP contribution in [0.25, 0.3) is 16.8 Å². The molecule has 4 rings (SSSR count). The van der Waals surface area contributed by atoms with Gasteiger partial charge in [-0.2, -0.15) is 0 Å². The van der Waals surface area contributed by atoms with Crippen molar-refractivity contribution in [2.75, 3.05) is 18.0 Å². The number of carbonyl (C=O) groups is 1. The fourth-order valence-electron chi connectivity index (χ4n) is 3.79. The number of aromatic nitrogens is 1. The number of piperidine rings is 1. The minimum absolute atomic E-state index is 0.00805. The van der Waals surface area contributed by atoms with Crippen LogP contribution in [0.3, 0.4) is 0 Å². The zero-order valence-electron chi connectivity index (χ0n) is 15.7. The molecule has 2 aromatic carbocycles. The molecule has 1 aliphatic rings. The lowest BCUT2D eigenvalue weighted by atomic mass is 10.0. The molecule has 3 aromatic rings. The van der Waals surface area contributed by atoms with Crippen LogP contribution in [0.2, 0.25) is 0 Å². The van der Waals surface area contributed by atoms with E-state index in [1.165, 1.54) is 30.5 Å². The molecule has 27 heavy (non-hydrogen) atoms. The lowest BCUT2D eigenvalue weighted by Gasteiger charge is -2.30. The number of benzene rings is 2. The number of pyridine rings is 1. The van der Waals surface area contributed by atoms with E-state index in [9.17, 15) is 4.79 Å². The maximum absolute atomic E-state index is 12.8. The van der Waals surface area contributed by atoms with Crippen molar-refractivity contribution < 1.29 is 4.79 Å². The molecule has 0 amide bonds. The second-order valence-corrected chi connectivity index (χ2v) is 7.17. The molecular weight excluding hydrogens is 332 g/mol. The normalized spacial score (nSPS) is 14.8. The quantitative estimate of drug-likeness (QED) is 0.462. The lowest BCUT2D eigenvalue weighted by Crippen LogP contribution is -2.30. The second kappa shape index (κ2) is 7.75. The summed E-state index contributed by atoms with van der Waals surface area (Å²) in [7, 11) is 0. The first kappa shape index (κ1) is 17.5. The van der Waals surface area contributed by atoms with Crippen LogP contribution in [-0.2, 0) is 0 Å². The third-order valence-electron chi connectivity index (χ3n) is 5.25. The van der Waals surface area contributed by atoms with Gasteiger partial charge in [0.25, 0.3) is 0 Å². The Morgan fingerprint density at radius 1 is 1.04 bits per heavy atom. The number of nitrogens with zero attached hydrogens (tertiary/aromatic N) is 2. The Kier molecular flexibility index (Phi) is 5.01. The van der Waals surface area contributed by atoms with E-state index in [-0.39, 0.29) is 5.78 Å². The van der Waals surface area contributed by atoms with Crippen LogP contribution in [0.5, 0.6) is 0 Å². The van der Waals surface area contributed by atoms with Crippen LogP contribution in [0, 0.1) is 6.92 Å². The molecule has 1 aliphatic heterocycles. The van der Waals surface area contributed by atoms with Crippen molar-refractivity contribution in [1.82, 2.24) is 4.98 Å². The Morgan fingerprint density at radius 3 is 2.67 bits per heavy atom. The summed E-state index contributed by atoms with van der Waals surface area (Å²) >= 11 is 0. The van der Waals surface area contributed by atoms with E-state index in [1.54, 1.807) is 6.08 Å². The average molecular weight is 356 g/mol. The highest BCUT2D eigenvalue weighted by atomic mass is 16.1. The van der Waals surface area contributed by atoms with E-state index in [4.69, 9.17) is 0 Å². The van der Waals surface area contributed by atoms with Crippen LogP contribution < -0.4 is 4.90 Å². The zero-order valence-corrected chi connectivity index (χ0v) is 15.7. The zero-order chi connectivity index (χ0) is 18.6. The molecule has 0 unspecified atom stereocenters. The Hall–Kier alpha value is -2.94. The topological polar surface area (TPSA) is 33.2 Å². The van der Waals surface area contributed by atoms with E-state index in [2.05, 4.69) is 22.9 Å². The molecule has 0 radical (unpaired) electrons.